The van der Waals surface area contributed by atoms with Gasteiger partial charge >= 0.3 is 5.97 Å². The number of hydrogen-bond donors (Lipinski definition) is 1. The highest BCUT2D eigenvalue weighted by Crippen LogP contribution is 2.34. The van der Waals surface area contributed by atoms with Crippen LogP contribution in [0.1, 0.15) is 18.3 Å². The Morgan fingerprint density at radius 1 is 1.31 bits per heavy atom. The molecule has 0 unspecified atom stereocenters. The van der Waals surface area contributed by atoms with E-state index in [2.05, 4.69) is 26.0 Å². The lowest BCUT2D eigenvalue weighted by Gasteiger charge is -2.13. The van der Waals surface area contributed by atoms with Gasteiger partial charge in [0, 0.05) is 4.47 Å². The van der Waals surface area contributed by atoms with Gasteiger partial charge in [0.2, 0.25) is 0 Å². The van der Waals surface area contributed by atoms with E-state index in [4.69, 9.17) is 33.0 Å². The molecule has 3 rings (SSSR count). The summed E-state index contributed by atoms with van der Waals surface area (Å²) in [6, 6.07) is 8.25. The Hall–Kier alpha value is -2.42. The van der Waals surface area contributed by atoms with Crippen molar-refractivity contribution in [2.45, 2.75) is 20.0 Å². The normalized spacial score (nSPS) is 12.4. The number of carbonyl (C=O) groups is 1. The summed E-state index contributed by atoms with van der Waals surface area (Å²) in [5.41, 5.74) is 0.746. The van der Waals surface area contributed by atoms with Crippen molar-refractivity contribution in [3.05, 3.63) is 66.6 Å². The smallest absolute Gasteiger partial charge is 0.344 e. The van der Waals surface area contributed by atoms with Gasteiger partial charge in [-0.3, -0.25) is 4.79 Å². The van der Waals surface area contributed by atoms with E-state index in [0.29, 0.717) is 22.3 Å². The Morgan fingerprint density at radius 3 is 2.59 bits per heavy atom. The third-order valence-electron chi connectivity index (χ3n) is 3.96. The predicted molar refractivity (Wildman–Crippen MR) is 116 cm³/mol. The van der Waals surface area contributed by atoms with Crippen LogP contribution < -0.4 is 10.3 Å². The summed E-state index contributed by atoms with van der Waals surface area (Å²) >= 11 is 15.7. The number of benzene rings is 2. The van der Waals surface area contributed by atoms with Crippen LogP contribution in [0.4, 0.5) is 0 Å². The lowest BCUT2D eigenvalue weighted by molar-refractivity contribution is -0.144. The maximum absolute atomic E-state index is 12.8. The van der Waals surface area contributed by atoms with Crippen molar-refractivity contribution in [3.8, 4) is 5.75 Å². The van der Waals surface area contributed by atoms with Crippen molar-refractivity contribution in [2.75, 3.05) is 0 Å². The molecule has 0 radical (unpaired) electrons. The Labute approximate surface area is 183 Å². The minimum absolute atomic E-state index is 0.0611. The average Bonchev–Trinajstić information content (AvgIpc) is 2.65. The van der Waals surface area contributed by atoms with E-state index in [1.807, 2.05) is 0 Å². The average molecular weight is 499 g/mol. The molecule has 0 aliphatic heterocycles. The van der Waals surface area contributed by atoms with Crippen molar-refractivity contribution < 1.29 is 14.6 Å². The number of aliphatic carboxylic acids is 1. The van der Waals surface area contributed by atoms with E-state index in [1.54, 1.807) is 25.1 Å². The van der Waals surface area contributed by atoms with Gasteiger partial charge in [0.15, 0.2) is 11.9 Å². The van der Waals surface area contributed by atoms with Crippen LogP contribution in [-0.4, -0.2) is 33.1 Å². The Balaban J connectivity index is 1.98. The van der Waals surface area contributed by atoms with Gasteiger partial charge in [-0.05, 0) is 49.7 Å². The number of carboxylic acid groups (broad SMARTS) is 1. The molecule has 1 aromatic heterocycles. The van der Waals surface area contributed by atoms with Crippen LogP contribution in [-0.2, 0) is 4.79 Å². The van der Waals surface area contributed by atoms with Crippen LogP contribution in [0.25, 0.3) is 10.9 Å². The fourth-order valence-corrected chi connectivity index (χ4v) is 3.47. The molecule has 0 bridgehead atoms. The maximum atomic E-state index is 12.8. The number of rotatable bonds is 5. The van der Waals surface area contributed by atoms with Crippen molar-refractivity contribution in [1.82, 2.24) is 9.66 Å². The van der Waals surface area contributed by atoms with Crippen molar-refractivity contribution in [1.29, 1.82) is 0 Å². The van der Waals surface area contributed by atoms with E-state index in [-0.39, 0.29) is 21.4 Å². The molecule has 2 aromatic carbocycles. The van der Waals surface area contributed by atoms with Gasteiger partial charge < -0.3 is 9.84 Å². The zero-order valence-corrected chi connectivity index (χ0v) is 18.3. The fourth-order valence-electron chi connectivity index (χ4n) is 2.51. The number of hydrogen-bond acceptors (Lipinski definition) is 5. The van der Waals surface area contributed by atoms with Crippen LogP contribution in [0.5, 0.6) is 5.75 Å². The molecule has 10 heteroatoms. The highest BCUT2D eigenvalue weighted by molar-refractivity contribution is 9.10. The number of fused-ring (bicyclic) bond motifs is 1. The van der Waals surface area contributed by atoms with E-state index in [0.717, 1.165) is 4.47 Å². The second-order valence-electron chi connectivity index (χ2n) is 6.09. The van der Waals surface area contributed by atoms with Crippen molar-refractivity contribution in [3.63, 3.8) is 0 Å². The third-order valence-corrected chi connectivity index (χ3v) is 5.01. The Kier molecular flexibility index (Phi) is 6.26. The summed E-state index contributed by atoms with van der Waals surface area (Å²) in [7, 11) is 0. The van der Waals surface area contributed by atoms with Crippen LogP contribution >= 0.6 is 39.1 Å². The highest BCUT2D eigenvalue weighted by atomic mass is 79.9. The van der Waals surface area contributed by atoms with Gasteiger partial charge in [-0.2, -0.15) is 9.78 Å². The summed E-state index contributed by atoms with van der Waals surface area (Å²) in [4.78, 5) is 28.1. The molecular formula is C19H14BrCl2N3O4. The van der Waals surface area contributed by atoms with Crippen molar-refractivity contribution >= 4 is 62.2 Å². The molecule has 3 aromatic rings. The number of halogens is 3. The molecular weight excluding hydrogens is 485 g/mol. The molecule has 0 amide bonds. The number of nitrogens with zero attached hydrogens (tertiary/aromatic N) is 3. The number of aromatic nitrogens is 2. The monoisotopic (exact) mass is 497 g/mol. The number of aryl methyl sites for hydroxylation is 1. The van der Waals surface area contributed by atoms with Crippen LogP contribution in [0.3, 0.4) is 0 Å². The van der Waals surface area contributed by atoms with E-state index >= 15 is 0 Å². The Morgan fingerprint density at radius 2 is 1.97 bits per heavy atom. The quantitative estimate of drug-likeness (QED) is 0.522. The second kappa shape index (κ2) is 8.52. The number of carboxylic acids is 1. The molecule has 29 heavy (non-hydrogen) atoms. The highest BCUT2D eigenvalue weighted by Gasteiger charge is 2.17. The SMILES string of the molecule is Cc1nc2ccc(Br)cc2c(=O)n1N=Cc1cc(Cl)c(O[C@@H](C)C(=O)O)c(Cl)c1. The molecule has 0 aliphatic carbocycles. The summed E-state index contributed by atoms with van der Waals surface area (Å²) < 4.78 is 7.21. The molecule has 1 heterocycles. The summed E-state index contributed by atoms with van der Waals surface area (Å²) in [5.74, 6) is -0.674. The van der Waals surface area contributed by atoms with E-state index in [9.17, 15) is 9.59 Å². The minimum atomic E-state index is -1.15. The Bertz CT molecular complexity index is 1190. The first-order valence-corrected chi connectivity index (χ1v) is 9.84. The van der Waals surface area contributed by atoms with Crippen LogP contribution in [0.15, 0.2) is 44.7 Å². The largest absolute Gasteiger partial charge is 0.479 e. The van der Waals surface area contributed by atoms with Crippen LogP contribution in [0.2, 0.25) is 10.0 Å². The van der Waals surface area contributed by atoms with E-state index < -0.39 is 12.1 Å². The maximum Gasteiger partial charge on any atom is 0.344 e. The first-order chi connectivity index (χ1) is 13.7. The van der Waals surface area contributed by atoms with Gasteiger partial charge in [-0.15, -0.1) is 0 Å². The molecule has 150 valence electrons. The standard InChI is InChI=1S/C19H14BrCl2N3O4/c1-9(19(27)28)29-17-14(21)5-11(6-15(17)22)8-23-25-10(2)24-16-4-3-12(20)7-13(16)18(25)26/h3-9H,1-2H3,(H,27,28)/t9-/m0/s1. The molecule has 0 spiro atoms. The third kappa shape index (κ3) is 4.60. The van der Waals surface area contributed by atoms with Gasteiger partial charge in [0.1, 0.15) is 5.82 Å². The summed E-state index contributed by atoms with van der Waals surface area (Å²) in [6.45, 7) is 3.04. The summed E-state index contributed by atoms with van der Waals surface area (Å²) in [5, 5.41) is 13.8. The van der Waals surface area contributed by atoms with Gasteiger partial charge in [0.25, 0.3) is 5.56 Å². The molecule has 0 fully saturated rings. The van der Waals surface area contributed by atoms with Gasteiger partial charge in [-0.1, -0.05) is 39.1 Å². The molecule has 1 N–H and O–H groups in total. The predicted octanol–water partition coefficient (Wildman–Crippen LogP) is 4.51. The van der Waals surface area contributed by atoms with Crippen LogP contribution in [0, 0.1) is 6.92 Å². The lowest BCUT2D eigenvalue weighted by Crippen LogP contribution is -2.23. The summed E-state index contributed by atoms with van der Waals surface area (Å²) in [6.07, 6.45) is 0.288. The van der Waals surface area contributed by atoms with E-state index in [1.165, 1.54) is 29.9 Å². The first kappa shape index (κ1) is 21.3. The molecule has 1 atom stereocenters. The van der Waals surface area contributed by atoms with Crippen molar-refractivity contribution in [2.24, 2.45) is 5.10 Å². The lowest BCUT2D eigenvalue weighted by atomic mass is 10.2. The molecule has 0 saturated carbocycles. The zero-order chi connectivity index (χ0) is 21.3. The second-order valence-corrected chi connectivity index (χ2v) is 7.82. The number of ether oxygens (including phenoxy) is 1. The molecule has 7 nitrogen and oxygen atoms in total. The zero-order valence-electron chi connectivity index (χ0n) is 15.2. The topological polar surface area (TPSA) is 93.8 Å². The van der Waals surface area contributed by atoms with Gasteiger partial charge in [0.05, 0.1) is 27.2 Å². The fraction of sp³-hybridized carbons (Fsp3) is 0.158. The molecule has 0 saturated heterocycles. The molecule has 0 aliphatic rings. The minimum Gasteiger partial charge on any atom is -0.479 e. The van der Waals surface area contributed by atoms with Gasteiger partial charge in [-0.25, -0.2) is 9.78 Å². The first-order valence-electron chi connectivity index (χ1n) is 8.29.